The summed E-state index contributed by atoms with van der Waals surface area (Å²) in [4.78, 5) is 14.8. The third-order valence-corrected chi connectivity index (χ3v) is 4.96. The van der Waals surface area contributed by atoms with Crippen LogP contribution >= 0.6 is 0 Å². The number of nitrogens with two attached hydrogens (primary N) is 3. The van der Waals surface area contributed by atoms with E-state index < -0.39 is 0 Å². The number of hydrogen-bond donors (Lipinski definition) is 4. The molecular formula is C22H33N5O2. The number of rotatable bonds is 5. The van der Waals surface area contributed by atoms with Gasteiger partial charge >= 0.3 is 0 Å². The van der Waals surface area contributed by atoms with Crippen molar-refractivity contribution in [3.8, 4) is 11.1 Å². The van der Waals surface area contributed by atoms with Crippen molar-refractivity contribution in [1.29, 1.82) is 0 Å². The molecule has 1 aromatic carbocycles. The number of aryl methyl sites for hydroxylation is 1. The van der Waals surface area contributed by atoms with Gasteiger partial charge in [0.1, 0.15) is 17.9 Å². The Bertz CT molecular complexity index is 695. The van der Waals surface area contributed by atoms with Gasteiger partial charge in [-0.15, -0.1) is 0 Å². The number of aldehydes is 1. The molecule has 1 atom stereocenters. The number of hydrogen-bond acceptors (Lipinski definition) is 6. The van der Waals surface area contributed by atoms with E-state index in [1.807, 2.05) is 12.1 Å². The van der Waals surface area contributed by atoms with Crippen LogP contribution < -0.4 is 17.3 Å². The maximum Gasteiger partial charge on any atom is 0.123 e. The van der Waals surface area contributed by atoms with E-state index in [2.05, 4.69) is 41.3 Å². The predicted octanol–water partition coefficient (Wildman–Crippen LogP) is 2.86. The maximum absolute atomic E-state index is 10.8. The molecule has 7 N–H and O–H groups in total. The number of aromatic nitrogens is 1. The largest absolute Gasteiger partial charge is 0.400 e. The number of benzene rings is 1. The monoisotopic (exact) mass is 399 g/mol. The summed E-state index contributed by atoms with van der Waals surface area (Å²) in [7, 11) is 1.00. The Hall–Kier alpha value is -2.93. The van der Waals surface area contributed by atoms with Crippen molar-refractivity contribution < 1.29 is 9.90 Å². The fraction of sp³-hybridized carbons (Fsp3) is 0.409. The van der Waals surface area contributed by atoms with Gasteiger partial charge in [0.25, 0.3) is 0 Å². The van der Waals surface area contributed by atoms with Gasteiger partial charge < -0.3 is 27.2 Å². The fourth-order valence-corrected chi connectivity index (χ4v) is 3.33. The number of carbonyl (C=O) groups excluding carboxylic acids is 1. The van der Waals surface area contributed by atoms with E-state index in [4.69, 9.17) is 22.4 Å². The highest BCUT2D eigenvalue weighted by Crippen LogP contribution is 2.31. The molecule has 1 fully saturated rings. The Balaban J connectivity index is 0.000000268. The van der Waals surface area contributed by atoms with Crippen molar-refractivity contribution in [1.82, 2.24) is 4.98 Å². The summed E-state index contributed by atoms with van der Waals surface area (Å²) in [5.74, 6) is 6.48. The molecule has 7 nitrogen and oxygen atoms in total. The molecule has 0 aliphatic heterocycles. The first-order valence-corrected chi connectivity index (χ1v) is 9.74. The van der Waals surface area contributed by atoms with Crippen LogP contribution in [0.15, 0.2) is 47.7 Å². The molecule has 3 rings (SSSR count). The molecule has 158 valence electrons. The molecule has 0 saturated heterocycles. The molecule has 1 aliphatic rings. The van der Waals surface area contributed by atoms with Crippen molar-refractivity contribution in [2.45, 2.75) is 39.0 Å². The van der Waals surface area contributed by atoms with Gasteiger partial charge in [0, 0.05) is 31.2 Å². The van der Waals surface area contributed by atoms with E-state index in [0.717, 1.165) is 31.8 Å². The SMILES string of the molecule is CO.Cc1ccc(-c2ccc(N)nc2)cc1.N/N=C(\N)CC(C=O)C1CCCC1. The third kappa shape index (κ3) is 8.31. The van der Waals surface area contributed by atoms with Crippen LogP contribution in [0.25, 0.3) is 11.1 Å². The van der Waals surface area contributed by atoms with Crippen molar-refractivity contribution in [3.63, 3.8) is 0 Å². The highest BCUT2D eigenvalue weighted by molar-refractivity contribution is 5.82. The van der Waals surface area contributed by atoms with E-state index >= 15 is 0 Å². The summed E-state index contributed by atoms with van der Waals surface area (Å²) in [6, 6.07) is 12.1. The average Bonchev–Trinajstić information content (AvgIpc) is 3.30. The minimum atomic E-state index is 0.0230. The van der Waals surface area contributed by atoms with Crippen LogP contribution in [0.5, 0.6) is 0 Å². The van der Waals surface area contributed by atoms with Gasteiger partial charge in [-0.2, -0.15) is 5.10 Å². The van der Waals surface area contributed by atoms with E-state index in [1.54, 1.807) is 6.20 Å². The Morgan fingerprint density at radius 1 is 1.17 bits per heavy atom. The minimum Gasteiger partial charge on any atom is -0.400 e. The van der Waals surface area contributed by atoms with Gasteiger partial charge in [0.2, 0.25) is 0 Å². The van der Waals surface area contributed by atoms with E-state index in [9.17, 15) is 4.79 Å². The molecule has 1 saturated carbocycles. The molecule has 29 heavy (non-hydrogen) atoms. The lowest BCUT2D eigenvalue weighted by atomic mass is 9.89. The topological polar surface area (TPSA) is 141 Å². The molecule has 0 bridgehead atoms. The summed E-state index contributed by atoms with van der Waals surface area (Å²) in [6.45, 7) is 2.07. The van der Waals surface area contributed by atoms with Gasteiger partial charge in [-0.1, -0.05) is 42.7 Å². The number of aliphatic hydroxyl groups excluding tert-OH is 1. The van der Waals surface area contributed by atoms with Crippen LogP contribution in [0.3, 0.4) is 0 Å². The lowest BCUT2D eigenvalue weighted by molar-refractivity contribution is -0.112. The molecule has 1 heterocycles. The first-order valence-electron chi connectivity index (χ1n) is 9.74. The molecule has 2 aromatic rings. The van der Waals surface area contributed by atoms with E-state index in [1.165, 1.54) is 24.0 Å². The van der Waals surface area contributed by atoms with Crippen LogP contribution in [-0.2, 0) is 4.79 Å². The number of nitrogen functional groups attached to an aromatic ring is 1. The lowest BCUT2D eigenvalue weighted by Crippen LogP contribution is -2.23. The van der Waals surface area contributed by atoms with Crippen molar-refractivity contribution >= 4 is 17.9 Å². The van der Waals surface area contributed by atoms with Crippen LogP contribution in [0.4, 0.5) is 5.82 Å². The van der Waals surface area contributed by atoms with Crippen LogP contribution in [0.1, 0.15) is 37.7 Å². The van der Waals surface area contributed by atoms with Crippen LogP contribution in [0.2, 0.25) is 0 Å². The third-order valence-electron chi connectivity index (χ3n) is 4.96. The molecule has 1 aliphatic carbocycles. The van der Waals surface area contributed by atoms with E-state index in [0.29, 0.717) is 24.0 Å². The Morgan fingerprint density at radius 3 is 2.24 bits per heavy atom. The fourth-order valence-electron chi connectivity index (χ4n) is 3.33. The number of amidine groups is 1. The number of pyridine rings is 1. The Morgan fingerprint density at radius 2 is 1.76 bits per heavy atom. The molecule has 0 spiro atoms. The van der Waals surface area contributed by atoms with Crippen molar-refractivity contribution in [3.05, 3.63) is 48.2 Å². The quantitative estimate of drug-likeness (QED) is 0.200. The van der Waals surface area contributed by atoms with Gasteiger partial charge in [-0.25, -0.2) is 4.98 Å². The summed E-state index contributed by atoms with van der Waals surface area (Å²) < 4.78 is 0. The normalized spacial score (nSPS) is 14.8. The standard InChI is InChI=1S/C12H12N2.C9H17N3O.CH4O/c1-9-2-4-10(5-3-9)11-6-7-12(13)14-8-11;10-9(12-11)5-8(6-13)7-3-1-2-4-7;1-2/h2-8H,1H3,(H2,13,14);6-8H,1-5,11H2,(H2,10,12);2H,1H3. The lowest BCUT2D eigenvalue weighted by Gasteiger charge is -2.16. The van der Waals surface area contributed by atoms with Crippen LogP contribution in [-0.4, -0.2) is 29.3 Å². The second kappa shape index (κ2) is 13.3. The van der Waals surface area contributed by atoms with Gasteiger partial charge in [-0.05, 0) is 43.4 Å². The van der Waals surface area contributed by atoms with Gasteiger partial charge in [-0.3, -0.25) is 0 Å². The zero-order valence-electron chi connectivity index (χ0n) is 17.3. The summed E-state index contributed by atoms with van der Waals surface area (Å²) >= 11 is 0. The number of aliphatic hydroxyl groups is 1. The highest BCUT2D eigenvalue weighted by atomic mass is 16.2. The Kier molecular flexibility index (Phi) is 11.0. The highest BCUT2D eigenvalue weighted by Gasteiger charge is 2.25. The van der Waals surface area contributed by atoms with Gasteiger partial charge in [0.15, 0.2) is 0 Å². The smallest absolute Gasteiger partial charge is 0.123 e. The molecule has 1 aromatic heterocycles. The second-order valence-corrected chi connectivity index (χ2v) is 7.01. The summed E-state index contributed by atoms with van der Waals surface area (Å²) in [5, 5.41) is 10.4. The molecular weight excluding hydrogens is 366 g/mol. The summed E-state index contributed by atoms with van der Waals surface area (Å²) in [6.07, 6.45) is 8.05. The molecule has 1 unspecified atom stereocenters. The van der Waals surface area contributed by atoms with Crippen LogP contribution in [0, 0.1) is 18.8 Å². The van der Waals surface area contributed by atoms with Crippen molar-refractivity contribution in [2.24, 2.45) is 28.5 Å². The average molecular weight is 400 g/mol. The van der Waals surface area contributed by atoms with Crippen molar-refractivity contribution in [2.75, 3.05) is 12.8 Å². The molecule has 7 heteroatoms. The maximum atomic E-state index is 10.8. The zero-order chi connectivity index (χ0) is 21.6. The first kappa shape index (κ1) is 24.1. The minimum absolute atomic E-state index is 0.0230. The predicted molar refractivity (Wildman–Crippen MR) is 119 cm³/mol. The number of carbonyl (C=O) groups is 1. The number of anilines is 1. The molecule has 0 radical (unpaired) electrons. The van der Waals surface area contributed by atoms with Gasteiger partial charge in [0.05, 0.1) is 0 Å². The number of hydrazone groups is 1. The number of nitrogens with zero attached hydrogens (tertiary/aromatic N) is 2. The summed E-state index contributed by atoms with van der Waals surface area (Å²) in [5.41, 5.74) is 14.5. The van der Waals surface area contributed by atoms with E-state index in [-0.39, 0.29) is 5.92 Å². The first-order chi connectivity index (χ1) is 14.0. The zero-order valence-corrected chi connectivity index (χ0v) is 17.3. The second-order valence-electron chi connectivity index (χ2n) is 7.01. The Labute approximate surface area is 173 Å². The molecule has 0 amide bonds.